The summed E-state index contributed by atoms with van der Waals surface area (Å²) in [6, 6.07) is 12.8. The van der Waals surface area contributed by atoms with Gasteiger partial charge in [-0.1, -0.05) is 24.3 Å². The number of ether oxygens (including phenoxy) is 2. The van der Waals surface area contributed by atoms with Gasteiger partial charge in [0.2, 0.25) is 5.91 Å². The molecule has 11 heteroatoms. The van der Waals surface area contributed by atoms with Crippen LogP contribution in [0.1, 0.15) is 37.1 Å². The van der Waals surface area contributed by atoms with E-state index in [0.717, 1.165) is 41.7 Å². The van der Waals surface area contributed by atoms with E-state index in [1.165, 1.54) is 11.3 Å². The fourth-order valence-electron chi connectivity index (χ4n) is 4.51. The Morgan fingerprint density at radius 2 is 1.92 bits per heavy atom. The monoisotopic (exact) mass is 553 g/mol. The number of rotatable bonds is 10. The maximum absolute atomic E-state index is 13.7. The lowest BCUT2D eigenvalue weighted by Gasteiger charge is -2.33. The second kappa shape index (κ2) is 12.1. The summed E-state index contributed by atoms with van der Waals surface area (Å²) < 4.78 is 14.8. The van der Waals surface area contributed by atoms with Crippen molar-refractivity contribution >= 4 is 40.1 Å². The number of piperidine rings is 1. The van der Waals surface area contributed by atoms with Crippen LogP contribution in [0.3, 0.4) is 0 Å². The Bertz CT molecular complexity index is 1370. The number of carbonyl (C=O) groups excluding carboxylic acids is 1. The number of fused-ring (bicyclic) bond motifs is 1. The van der Waals surface area contributed by atoms with Gasteiger partial charge < -0.3 is 19.5 Å². The number of carbonyl (C=O) groups is 1. The molecule has 2 aromatic carbocycles. The summed E-state index contributed by atoms with van der Waals surface area (Å²) in [5.41, 5.74) is 2.52. The first-order chi connectivity index (χ1) is 18.5. The zero-order valence-corrected chi connectivity index (χ0v) is 22.9. The van der Waals surface area contributed by atoms with Crippen LogP contribution in [0.15, 0.2) is 53.0 Å². The number of thiazole rings is 1. The topological polar surface area (TPSA) is 103 Å². The predicted molar refractivity (Wildman–Crippen MR) is 148 cm³/mol. The smallest absolute Gasteiger partial charge is 0.247 e. The summed E-state index contributed by atoms with van der Waals surface area (Å²) in [6.45, 7) is 4.17. The molecule has 38 heavy (non-hydrogen) atoms. The molecule has 0 radical (unpaired) electrons. The number of aliphatic hydroxyl groups is 1. The number of thiol groups is 1. The second-order valence-corrected chi connectivity index (χ2v) is 11.3. The SMILES string of the molecule is CC1CCN(C(=O)[C@H](Cc2ccc(OCCO)cc2)n2cc(COc3ccc4nc(S)sc4c3)nn2)CC1. The Hall–Kier alpha value is -3.15. The maximum Gasteiger partial charge on any atom is 0.247 e. The molecule has 200 valence electrons. The van der Waals surface area contributed by atoms with E-state index < -0.39 is 6.04 Å². The van der Waals surface area contributed by atoms with Crippen LogP contribution in [0.5, 0.6) is 11.5 Å². The molecule has 3 heterocycles. The van der Waals surface area contributed by atoms with Gasteiger partial charge in [-0.3, -0.25) is 4.79 Å². The fourth-order valence-corrected chi connectivity index (χ4v) is 5.65. The molecule has 1 atom stereocenters. The number of hydrogen-bond acceptors (Lipinski definition) is 9. The van der Waals surface area contributed by atoms with E-state index in [9.17, 15) is 4.79 Å². The van der Waals surface area contributed by atoms with Crippen molar-refractivity contribution < 1.29 is 19.4 Å². The predicted octanol–water partition coefficient (Wildman–Crippen LogP) is 4.17. The van der Waals surface area contributed by atoms with Crippen LogP contribution in [0.2, 0.25) is 0 Å². The summed E-state index contributed by atoms with van der Waals surface area (Å²) in [5, 5.41) is 17.6. The molecular weight excluding hydrogens is 522 g/mol. The lowest BCUT2D eigenvalue weighted by Crippen LogP contribution is -2.42. The highest BCUT2D eigenvalue weighted by Crippen LogP contribution is 2.28. The fraction of sp³-hybridized carbons (Fsp3) is 0.407. The molecule has 1 fully saturated rings. The van der Waals surface area contributed by atoms with E-state index in [2.05, 4.69) is 34.8 Å². The van der Waals surface area contributed by atoms with Crippen LogP contribution in [0, 0.1) is 5.92 Å². The first-order valence-corrected chi connectivity index (χ1v) is 14.0. The summed E-state index contributed by atoms with van der Waals surface area (Å²) in [7, 11) is 0. The minimum absolute atomic E-state index is 0.0401. The zero-order chi connectivity index (χ0) is 26.5. The summed E-state index contributed by atoms with van der Waals surface area (Å²) in [6.07, 6.45) is 4.28. The minimum Gasteiger partial charge on any atom is -0.491 e. The van der Waals surface area contributed by atoms with Gasteiger partial charge in [0.15, 0.2) is 0 Å². The Kier molecular flexibility index (Phi) is 8.45. The number of benzene rings is 2. The summed E-state index contributed by atoms with van der Waals surface area (Å²) in [5.74, 6) is 2.07. The van der Waals surface area contributed by atoms with Crippen molar-refractivity contribution in [3.05, 3.63) is 59.9 Å². The van der Waals surface area contributed by atoms with Gasteiger partial charge in [0.25, 0.3) is 0 Å². The van der Waals surface area contributed by atoms with Gasteiger partial charge in [-0.25, -0.2) is 9.67 Å². The van der Waals surface area contributed by atoms with Crippen molar-refractivity contribution in [1.82, 2.24) is 24.9 Å². The lowest BCUT2D eigenvalue weighted by atomic mass is 9.97. The average Bonchev–Trinajstić information content (AvgIpc) is 3.55. The first kappa shape index (κ1) is 26.5. The van der Waals surface area contributed by atoms with Crippen LogP contribution in [-0.2, 0) is 17.8 Å². The number of hydrogen-bond donors (Lipinski definition) is 2. The van der Waals surface area contributed by atoms with Gasteiger partial charge >= 0.3 is 0 Å². The number of aliphatic hydroxyl groups excluding tert-OH is 1. The molecule has 0 saturated carbocycles. The third kappa shape index (κ3) is 6.46. The lowest BCUT2D eigenvalue weighted by molar-refractivity contribution is -0.136. The molecule has 0 aliphatic carbocycles. The van der Waals surface area contributed by atoms with Crippen LogP contribution < -0.4 is 9.47 Å². The number of nitrogens with zero attached hydrogens (tertiary/aromatic N) is 5. The van der Waals surface area contributed by atoms with Gasteiger partial charge in [0, 0.05) is 19.5 Å². The molecule has 1 aliphatic heterocycles. The molecule has 1 amide bonds. The van der Waals surface area contributed by atoms with Crippen molar-refractivity contribution in [3.63, 3.8) is 0 Å². The van der Waals surface area contributed by atoms with Crippen molar-refractivity contribution in [1.29, 1.82) is 0 Å². The molecule has 1 N–H and O–H groups in total. The van der Waals surface area contributed by atoms with Crippen LogP contribution in [0.25, 0.3) is 10.2 Å². The van der Waals surface area contributed by atoms with Gasteiger partial charge in [-0.05, 0) is 54.7 Å². The number of aromatic nitrogens is 4. The van der Waals surface area contributed by atoms with E-state index in [0.29, 0.717) is 33.9 Å². The van der Waals surface area contributed by atoms with Gasteiger partial charge in [-0.15, -0.1) is 29.1 Å². The van der Waals surface area contributed by atoms with E-state index in [1.807, 2.05) is 47.4 Å². The highest BCUT2D eigenvalue weighted by Gasteiger charge is 2.29. The Morgan fingerprint density at radius 1 is 1.16 bits per heavy atom. The van der Waals surface area contributed by atoms with Crippen LogP contribution >= 0.6 is 24.0 Å². The highest BCUT2D eigenvalue weighted by atomic mass is 32.2. The molecule has 1 saturated heterocycles. The highest BCUT2D eigenvalue weighted by molar-refractivity contribution is 7.82. The van der Waals surface area contributed by atoms with Crippen LogP contribution in [-0.4, -0.2) is 62.2 Å². The Balaban J connectivity index is 1.31. The minimum atomic E-state index is -0.517. The zero-order valence-electron chi connectivity index (χ0n) is 21.2. The summed E-state index contributed by atoms with van der Waals surface area (Å²) >= 11 is 5.82. The van der Waals surface area contributed by atoms with E-state index in [-0.39, 0.29) is 25.7 Å². The molecule has 1 aliphatic rings. The van der Waals surface area contributed by atoms with Crippen LogP contribution in [0.4, 0.5) is 0 Å². The molecule has 0 spiro atoms. The van der Waals surface area contributed by atoms with Crippen molar-refractivity contribution in [2.24, 2.45) is 5.92 Å². The Morgan fingerprint density at radius 3 is 2.68 bits per heavy atom. The molecule has 0 unspecified atom stereocenters. The quantitative estimate of drug-likeness (QED) is 0.284. The second-order valence-electron chi connectivity index (χ2n) is 9.55. The average molecular weight is 554 g/mol. The number of likely N-dealkylation sites (tertiary alicyclic amines) is 1. The van der Waals surface area contributed by atoms with Gasteiger partial charge in [0.05, 0.1) is 23.0 Å². The normalized spacial score (nSPS) is 15.1. The standard InChI is InChI=1S/C27H31N5O4S2/c1-18-8-10-31(11-9-18)26(34)24(14-19-2-4-21(5-3-19)35-13-12-33)32-16-20(29-30-32)17-36-22-6-7-23-25(15-22)38-27(37)28-23/h2-7,15-16,18,24,33H,8-14,17H2,1H3,(H,28,37)/t24-/m0/s1. The van der Waals surface area contributed by atoms with Crippen molar-refractivity contribution in [2.45, 2.75) is 43.2 Å². The van der Waals surface area contributed by atoms with Crippen molar-refractivity contribution in [3.8, 4) is 11.5 Å². The molecule has 9 nitrogen and oxygen atoms in total. The van der Waals surface area contributed by atoms with E-state index in [1.54, 1.807) is 10.9 Å². The van der Waals surface area contributed by atoms with Gasteiger partial charge in [0.1, 0.15) is 40.8 Å². The molecule has 4 aromatic rings. The van der Waals surface area contributed by atoms with Crippen molar-refractivity contribution in [2.75, 3.05) is 26.3 Å². The molecule has 2 aromatic heterocycles. The van der Waals surface area contributed by atoms with E-state index >= 15 is 0 Å². The molecule has 0 bridgehead atoms. The molecular formula is C27H31N5O4S2. The maximum atomic E-state index is 13.7. The largest absolute Gasteiger partial charge is 0.491 e. The first-order valence-electron chi connectivity index (χ1n) is 12.7. The van der Waals surface area contributed by atoms with Gasteiger partial charge in [-0.2, -0.15) is 0 Å². The third-order valence-electron chi connectivity index (χ3n) is 6.71. The summed E-state index contributed by atoms with van der Waals surface area (Å²) in [4.78, 5) is 20.0. The molecule has 5 rings (SSSR count). The third-order valence-corrected chi connectivity index (χ3v) is 7.90. The number of amides is 1. The van der Waals surface area contributed by atoms with E-state index in [4.69, 9.17) is 14.6 Å². The Labute approximate surface area is 230 Å².